The summed E-state index contributed by atoms with van der Waals surface area (Å²) in [6.45, 7) is 8.91. The summed E-state index contributed by atoms with van der Waals surface area (Å²) in [6, 6.07) is 0. The Morgan fingerprint density at radius 2 is 2.08 bits per heavy atom. The van der Waals surface area contributed by atoms with E-state index in [4.69, 9.17) is 4.43 Å². The molecule has 2 nitrogen and oxygen atoms in total. The Hall–Kier alpha value is -0.413. The van der Waals surface area contributed by atoms with Crippen molar-refractivity contribution in [1.29, 1.82) is 0 Å². The number of carbonyl (C=O) groups excluding carboxylic acids is 1. The van der Waals surface area contributed by atoms with Gasteiger partial charge in [-0.15, -0.1) is 0 Å². The summed E-state index contributed by atoms with van der Waals surface area (Å²) in [5.41, 5.74) is 0.748. The Labute approximate surface area is 76.9 Å². The minimum absolute atomic E-state index is 0.336. The molecule has 3 heteroatoms. The first-order valence-corrected chi connectivity index (χ1v) is 5.44. The van der Waals surface area contributed by atoms with Gasteiger partial charge in [-0.25, -0.2) is 0 Å². The number of carbonyl (C=O) groups is 1. The fraction of sp³-hybridized carbons (Fsp3) is 0.667. The molecule has 0 aromatic heterocycles. The Morgan fingerprint density at radius 3 is 2.50 bits per heavy atom. The molecule has 0 amide bonds. The van der Waals surface area contributed by atoms with Crippen molar-refractivity contribution >= 4 is 16.0 Å². The van der Waals surface area contributed by atoms with Crippen molar-refractivity contribution in [1.82, 2.24) is 0 Å². The SMILES string of the molecule is C/C(C=O)=C\CO[SiH2]C(C)(C)C. The van der Waals surface area contributed by atoms with E-state index < -0.39 is 9.76 Å². The fourth-order valence-electron chi connectivity index (χ4n) is 0.604. The second kappa shape index (κ2) is 5.27. The average Bonchev–Trinajstić information content (AvgIpc) is 1.96. The average molecular weight is 186 g/mol. The van der Waals surface area contributed by atoms with Gasteiger partial charge >= 0.3 is 0 Å². The summed E-state index contributed by atoms with van der Waals surface area (Å²) in [5.74, 6) is 0. The lowest BCUT2D eigenvalue weighted by molar-refractivity contribution is -0.104. The maximum atomic E-state index is 10.2. The quantitative estimate of drug-likeness (QED) is 0.287. The van der Waals surface area contributed by atoms with Crippen LogP contribution in [0.1, 0.15) is 27.7 Å². The van der Waals surface area contributed by atoms with Gasteiger partial charge < -0.3 is 4.43 Å². The van der Waals surface area contributed by atoms with Crippen molar-refractivity contribution in [3.63, 3.8) is 0 Å². The zero-order chi connectivity index (χ0) is 9.61. The van der Waals surface area contributed by atoms with Crippen LogP contribution in [0.3, 0.4) is 0 Å². The lowest BCUT2D eigenvalue weighted by Gasteiger charge is -2.16. The van der Waals surface area contributed by atoms with Crippen molar-refractivity contribution in [3.8, 4) is 0 Å². The van der Waals surface area contributed by atoms with Crippen LogP contribution in [0.25, 0.3) is 0 Å². The van der Waals surface area contributed by atoms with Gasteiger partial charge in [0.15, 0.2) is 9.76 Å². The zero-order valence-electron chi connectivity index (χ0n) is 8.39. The third-order valence-corrected chi connectivity index (χ3v) is 2.55. The lowest BCUT2D eigenvalue weighted by Crippen LogP contribution is -2.12. The molecule has 0 fully saturated rings. The molecule has 0 rings (SSSR count). The lowest BCUT2D eigenvalue weighted by atomic mass is 10.3. The molecule has 0 spiro atoms. The molecule has 0 radical (unpaired) electrons. The zero-order valence-corrected chi connectivity index (χ0v) is 9.80. The molecule has 0 bridgehead atoms. The van der Waals surface area contributed by atoms with Gasteiger partial charge in [-0.2, -0.15) is 0 Å². The first kappa shape index (κ1) is 11.6. The van der Waals surface area contributed by atoms with Gasteiger partial charge in [0.05, 0.1) is 6.61 Å². The van der Waals surface area contributed by atoms with E-state index in [0.717, 1.165) is 11.9 Å². The van der Waals surface area contributed by atoms with E-state index in [1.165, 1.54) is 0 Å². The molecule has 0 saturated carbocycles. The second-order valence-corrected chi connectivity index (χ2v) is 6.96. The molecule has 0 atom stereocenters. The molecular weight excluding hydrogens is 168 g/mol. The molecular formula is C9H18O2Si. The summed E-state index contributed by atoms with van der Waals surface area (Å²) in [4.78, 5) is 10.2. The van der Waals surface area contributed by atoms with Crippen LogP contribution in [0.5, 0.6) is 0 Å². The molecule has 70 valence electrons. The molecule has 0 unspecified atom stereocenters. The highest BCUT2D eigenvalue weighted by atomic mass is 28.2. The molecule has 0 aromatic carbocycles. The van der Waals surface area contributed by atoms with Gasteiger partial charge in [-0.1, -0.05) is 26.8 Å². The highest BCUT2D eigenvalue weighted by Gasteiger charge is 2.10. The summed E-state index contributed by atoms with van der Waals surface area (Å²) >= 11 is 0. The van der Waals surface area contributed by atoms with Crippen LogP contribution in [-0.2, 0) is 9.22 Å². The van der Waals surface area contributed by atoms with E-state index in [1.54, 1.807) is 6.92 Å². The van der Waals surface area contributed by atoms with Crippen LogP contribution in [0.15, 0.2) is 11.6 Å². The van der Waals surface area contributed by atoms with Gasteiger partial charge in [-0.3, -0.25) is 4.79 Å². The largest absolute Gasteiger partial charge is 0.420 e. The van der Waals surface area contributed by atoms with Crippen molar-refractivity contribution < 1.29 is 9.22 Å². The van der Waals surface area contributed by atoms with E-state index >= 15 is 0 Å². The molecule has 0 aliphatic heterocycles. The van der Waals surface area contributed by atoms with Crippen LogP contribution < -0.4 is 0 Å². The standard InChI is InChI=1S/C9H18O2Si/c1-8(7-10)5-6-11-12-9(2,3)4/h5,7H,6,12H2,1-4H3/b8-5+. The number of rotatable bonds is 4. The molecule has 0 aliphatic carbocycles. The predicted molar refractivity (Wildman–Crippen MR) is 54.0 cm³/mol. The molecule has 12 heavy (non-hydrogen) atoms. The fourth-order valence-corrected chi connectivity index (χ4v) is 1.45. The first-order valence-electron chi connectivity index (χ1n) is 4.15. The van der Waals surface area contributed by atoms with Crippen molar-refractivity contribution in [2.24, 2.45) is 0 Å². The molecule has 0 saturated heterocycles. The van der Waals surface area contributed by atoms with Crippen LogP contribution in [0, 0.1) is 0 Å². The normalized spacial score (nSPS) is 14.2. The van der Waals surface area contributed by atoms with Gasteiger partial charge in [0.25, 0.3) is 0 Å². The van der Waals surface area contributed by atoms with Crippen molar-refractivity contribution in [2.75, 3.05) is 6.61 Å². The van der Waals surface area contributed by atoms with Crippen LogP contribution >= 0.6 is 0 Å². The van der Waals surface area contributed by atoms with E-state index in [9.17, 15) is 4.79 Å². The second-order valence-electron chi connectivity index (χ2n) is 4.14. The van der Waals surface area contributed by atoms with Gasteiger partial charge in [0, 0.05) is 0 Å². The van der Waals surface area contributed by atoms with Crippen LogP contribution in [0.4, 0.5) is 0 Å². The predicted octanol–water partition coefficient (Wildman–Crippen LogP) is 1.45. The summed E-state index contributed by atoms with van der Waals surface area (Å²) in [7, 11) is -0.461. The number of hydrogen-bond acceptors (Lipinski definition) is 2. The van der Waals surface area contributed by atoms with Crippen molar-refractivity contribution in [2.45, 2.75) is 32.7 Å². The van der Waals surface area contributed by atoms with Crippen LogP contribution in [0.2, 0.25) is 5.04 Å². The van der Waals surface area contributed by atoms with E-state index in [-0.39, 0.29) is 0 Å². The number of allylic oxidation sites excluding steroid dienone is 1. The van der Waals surface area contributed by atoms with Crippen LogP contribution in [-0.4, -0.2) is 22.7 Å². The number of hydrogen-bond donors (Lipinski definition) is 0. The molecule has 0 N–H and O–H groups in total. The smallest absolute Gasteiger partial charge is 0.167 e. The third-order valence-electron chi connectivity index (χ3n) is 1.24. The maximum absolute atomic E-state index is 10.2. The highest BCUT2D eigenvalue weighted by Crippen LogP contribution is 2.19. The minimum Gasteiger partial charge on any atom is -0.420 e. The summed E-state index contributed by atoms with van der Waals surface area (Å²) in [5, 5.41) is 0.336. The van der Waals surface area contributed by atoms with E-state index in [1.807, 2.05) is 6.08 Å². The summed E-state index contributed by atoms with van der Waals surface area (Å²) in [6.07, 6.45) is 2.67. The molecule has 0 aliphatic rings. The van der Waals surface area contributed by atoms with E-state index in [2.05, 4.69) is 20.8 Å². The van der Waals surface area contributed by atoms with Gasteiger partial charge in [-0.05, 0) is 17.5 Å². The van der Waals surface area contributed by atoms with Crippen molar-refractivity contribution in [3.05, 3.63) is 11.6 Å². The Bertz CT molecular complexity index is 168. The van der Waals surface area contributed by atoms with E-state index in [0.29, 0.717) is 11.6 Å². The summed E-state index contributed by atoms with van der Waals surface area (Å²) < 4.78 is 5.47. The molecule has 0 heterocycles. The number of aldehydes is 1. The highest BCUT2D eigenvalue weighted by molar-refractivity contribution is 6.31. The maximum Gasteiger partial charge on any atom is 0.167 e. The van der Waals surface area contributed by atoms with Gasteiger partial charge in [0.2, 0.25) is 0 Å². The monoisotopic (exact) mass is 186 g/mol. The Kier molecular flexibility index (Phi) is 5.09. The minimum atomic E-state index is -0.461. The Balaban J connectivity index is 3.52. The molecule has 0 aromatic rings. The Morgan fingerprint density at radius 1 is 1.50 bits per heavy atom. The third kappa shape index (κ3) is 7.69. The first-order chi connectivity index (χ1) is 5.45. The topological polar surface area (TPSA) is 26.3 Å². The van der Waals surface area contributed by atoms with Gasteiger partial charge in [0.1, 0.15) is 6.29 Å².